The summed E-state index contributed by atoms with van der Waals surface area (Å²) in [4.78, 5) is 12.3. The number of carbonyl (C=O) groups excluding carboxylic acids is 1. The maximum absolute atomic E-state index is 12.3. The van der Waals surface area contributed by atoms with Gasteiger partial charge in [-0.05, 0) is 66.6 Å². The number of aryl methyl sites for hydroxylation is 2. The van der Waals surface area contributed by atoms with Gasteiger partial charge in [-0.3, -0.25) is 4.79 Å². The van der Waals surface area contributed by atoms with E-state index < -0.39 is 0 Å². The van der Waals surface area contributed by atoms with Crippen LogP contribution in [0.2, 0.25) is 0 Å². The fourth-order valence-corrected chi connectivity index (χ4v) is 3.01. The fraction of sp³-hybridized carbons (Fsp3) is 0.263. The van der Waals surface area contributed by atoms with Gasteiger partial charge in [-0.15, -0.1) is 5.10 Å². The van der Waals surface area contributed by atoms with E-state index in [4.69, 9.17) is 4.74 Å². The quantitative estimate of drug-likeness (QED) is 0.649. The molecule has 3 aromatic rings. The van der Waals surface area contributed by atoms with Gasteiger partial charge >= 0.3 is 0 Å². The molecule has 0 fully saturated rings. The summed E-state index contributed by atoms with van der Waals surface area (Å²) in [6.07, 6.45) is 0. The predicted octanol–water partition coefficient (Wildman–Crippen LogP) is 3.30. The molecule has 0 bridgehead atoms. The third-order valence-corrected chi connectivity index (χ3v) is 4.61. The molecule has 1 atom stereocenters. The molecule has 3 rings (SSSR count). The van der Waals surface area contributed by atoms with Gasteiger partial charge in [-0.2, -0.15) is 4.68 Å². The Hall–Kier alpha value is -2.74. The fourth-order valence-electron chi connectivity index (χ4n) is 2.74. The third-order valence-electron chi connectivity index (χ3n) is 4.09. The number of hydrogen-bond donors (Lipinski definition) is 1. The molecule has 0 spiro atoms. The number of hydrogen-bond acceptors (Lipinski definition) is 5. The van der Waals surface area contributed by atoms with Crippen molar-refractivity contribution < 1.29 is 9.53 Å². The second-order valence-corrected chi connectivity index (χ2v) is 7.14. The average molecular weight is 430 g/mol. The summed E-state index contributed by atoms with van der Waals surface area (Å²) in [5.41, 5.74) is 2.80. The van der Waals surface area contributed by atoms with Gasteiger partial charge in [-0.25, -0.2) is 0 Å². The summed E-state index contributed by atoms with van der Waals surface area (Å²) in [6, 6.07) is 13.1. The SMILES string of the molecule is Cc1cccc(C)c1OCC(=O)NC(C)c1nnnn1-c1ccc(Br)cc1. The maximum Gasteiger partial charge on any atom is 0.258 e. The van der Waals surface area contributed by atoms with Crippen LogP contribution >= 0.6 is 15.9 Å². The van der Waals surface area contributed by atoms with Crippen LogP contribution in [0.4, 0.5) is 0 Å². The zero-order chi connectivity index (χ0) is 19.4. The molecule has 1 unspecified atom stereocenters. The molecule has 1 heterocycles. The molecule has 0 saturated carbocycles. The van der Waals surface area contributed by atoms with Crippen LogP contribution in [0.25, 0.3) is 5.69 Å². The largest absolute Gasteiger partial charge is 0.483 e. The van der Waals surface area contributed by atoms with Crippen LogP contribution < -0.4 is 10.1 Å². The van der Waals surface area contributed by atoms with E-state index in [9.17, 15) is 4.79 Å². The minimum Gasteiger partial charge on any atom is -0.483 e. The highest BCUT2D eigenvalue weighted by molar-refractivity contribution is 9.10. The Morgan fingerprint density at radius 2 is 1.85 bits per heavy atom. The lowest BCUT2D eigenvalue weighted by molar-refractivity contribution is -0.123. The van der Waals surface area contributed by atoms with Crippen molar-refractivity contribution in [2.45, 2.75) is 26.8 Å². The smallest absolute Gasteiger partial charge is 0.258 e. The first-order valence-electron chi connectivity index (χ1n) is 8.48. The molecule has 27 heavy (non-hydrogen) atoms. The molecule has 8 heteroatoms. The van der Waals surface area contributed by atoms with Crippen molar-refractivity contribution >= 4 is 21.8 Å². The number of ether oxygens (including phenoxy) is 1. The standard InChI is InChI=1S/C19H20BrN5O2/c1-12-5-4-6-13(2)18(12)27-11-17(26)21-14(3)19-22-23-24-25(19)16-9-7-15(20)8-10-16/h4-10,14H,11H2,1-3H3,(H,21,26). The van der Waals surface area contributed by atoms with Gasteiger partial charge in [-0.1, -0.05) is 34.1 Å². The van der Waals surface area contributed by atoms with Gasteiger partial charge < -0.3 is 10.1 Å². The van der Waals surface area contributed by atoms with Crippen LogP contribution in [-0.4, -0.2) is 32.7 Å². The van der Waals surface area contributed by atoms with E-state index in [1.54, 1.807) is 4.68 Å². The second-order valence-electron chi connectivity index (χ2n) is 6.22. The number of nitrogens with one attached hydrogen (secondary N) is 1. The second kappa shape index (κ2) is 8.30. The molecule has 0 radical (unpaired) electrons. The molecule has 1 N–H and O–H groups in total. The molecular formula is C19H20BrN5O2. The van der Waals surface area contributed by atoms with Gasteiger partial charge in [0.15, 0.2) is 12.4 Å². The number of aromatic nitrogens is 4. The third kappa shape index (κ3) is 4.51. The van der Waals surface area contributed by atoms with E-state index in [1.807, 2.05) is 63.2 Å². The van der Waals surface area contributed by atoms with Crippen LogP contribution in [0.1, 0.15) is 29.9 Å². The molecule has 0 aliphatic carbocycles. The summed E-state index contributed by atoms with van der Waals surface area (Å²) < 4.78 is 8.26. The monoisotopic (exact) mass is 429 g/mol. The van der Waals surface area contributed by atoms with Crippen molar-refractivity contribution in [2.75, 3.05) is 6.61 Å². The van der Waals surface area contributed by atoms with Crippen molar-refractivity contribution in [3.05, 3.63) is 63.9 Å². The summed E-state index contributed by atoms with van der Waals surface area (Å²) >= 11 is 3.40. The first-order chi connectivity index (χ1) is 13.0. The normalized spacial score (nSPS) is 11.9. The zero-order valence-electron chi connectivity index (χ0n) is 15.3. The molecule has 0 aliphatic rings. The van der Waals surface area contributed by atoms with Gasteiger partial charge in [0.1, 0.15) is 5.75 Å². The Balaban J connectivity index is 1.66. The molecule has 7 nitrogen and oxygen atoms in total. The highest BCUT2D eigenvalue weighted by Crippen LogP contribution is 2.22. The molecule has 1 amide bonds. The minimum atomic E-state index is -0.377. The van der Waals surface area contributed by atoms with Gasteiger partial charge in [0.2, 0.25) is 0 Å². The molecule has 1 aromatic heterocycles. The van der Waals surface area contributed by atoms with Gasteiger partial charge in [0.05, 0.1) is 11.7 Å². The van der Waals surface area contributed by atoms with Crippen LogP contribution in [0.3, 0.4) is 0 Å². The minimum absolute atomic E-state index is 0.0735. The van der Waals surface area contributed by atoms with E-state index >= 15 is 0 Å². The number of tetrazole rings is 1. The highest BCUT2D eigenvalue weighted by atomic mass is 79.9. The Kier molecular flexibility index (Phi) is 5.85. The van der Waals surface area contributed by atoms with E-state index in [-0.39, 0.29) is 18.6 Å². The highest BCUT2D eigenvalue weighted by Gasteiger charge is 2.18. The molecule has 2 aromatic carbocycles. The maximum atomic E-state index is 12.3. The van der Waals surface area contributed by atoms with Crippen molar-refractivity contribution in [1.82, 2.24) is 25.5 Å². The van der Waals surface area contributed by atoms with Crippen LogP contribution in [0, 0.1) is 13.8 Å². The van der Waals surface area contributed by atoms with Gasteiger partial charge in [0.25, 0.3) is 5.91 Å². The first-order valence-corrected chi connectivity index (χ1v) is 9.27. The van der Waals surface area contributed by atoms with E-state index in [0.717, 1.165) is 27.0 Å². The lowest BCUT2D eigenvalue weighted by Crippen LogP contribution is -2.32. The topological polar surface area (TPSA) is 81.9 Å². The van der Waals surface area contributed by atoms with Crippen molar-refractivity contribution in [2.24, 2.45) is 0 Å². The first kappa shape index (κ1) is 19.0. The van der Waals surface area contributed by atoms with E-state index in [1.165, 1.54) is 0 Å². The summed E-state index contributed by atoms with van der Waals surface area (Å²) in [5, 5.41) is 14.7. The molecule has 0 aliphatic heterocycles. The molecule has 0 saturated heterocycles. The summed E-state index contributed by atoms with van der Waals surface area (Å²) in [7, 11) is 0. The predicted molar refractivity (Wildman–Crippen MR) is 105 cm³/mol. The average Bonchev–Trinajstić information content (AvgIpc) is 3.12. The van der Waals surface area contributed by atoms with Crippen LogP contribution in [0.15, 0.2) is 46.9 Å². The number of carbonyl (C=O) groups is 1. The number of benzene rings is 2. The Morgan fingerprint density at radius 3 is 2.52 bits per heavy atom. The van der Waals surface area contributed by atoms with Gasteiger partial charge in [0, 0.05) is 4.47 Å². The Bertz CT molecular complexity index is 919. The zero-order valence-corrected chi connectivity index (χ0v) is 16.9. The Labute approximate surface area is 165 Å². The van der Waals surface area contributed by atoms with Crippen LogP contribution in [0.5, 0.6) is 5.75 Å². The van der Waals surface area contributed by atoms with E-state index in [0.29, 0.717) is 5.82 Å². The van der Waals surface area contributed by atoms with E-state index in [2.05, 4.69) is 36.8 Å². The lowest BCUT2D eigenvalue weighted by Gasteiger charge is -2.15. The number of halogens is 1. The summed E-state index contributed by atoms with van der Waals surface area (Å²) in [5.74, 6) is 1.04. The number of rotatable bonds is 6. The number of amides is 1. The number of nitrogens with zero attached hydrogens (tertiary/aromatic N) is 4. The van der Waals surface area contributed by atoms with Crippen LogP contribution in [-0.2, 0) is 4.79 Å². The lowest BCUT2D eigenvalue weighted by atomic mass is 10.1. The summed E-state index contributed by atoms with van der Waals surface area (Å²) in [6.45, 7) is 5.66. The number of para-hydroxylation sites is 1. The van der Waals surface area contributed by atoms with Crippen molar-refractivity contribution in [1.29, 1.82) is 0 Å². The van der Waals surface area contributed by atoms with Crippen molar-refractivity contribution in [3.63, 3.8) is 0 Å². The van der Waals surface area contributed by atoms with Crippen molar-refractivity contribution in [3.8, 4) is 11.4 Å². The molecular weight excluding hydrogens is 410 g/mol. The molecule has 140 valence electrons. The Morgan fingerprint density at radius 1 is 1.19 bits per heavy atom.